The normalized spacial score (nSPS) is 11.6. The number of nitrogens with one attached hydrogen (secondary N) is 1. The smallest absolute Gasteiger partial charge is 0.264 e. The molecule has 0 spiro atoms. The SMILES string of the molecule is CCc1ccccc1N(CC(=O)N/N=C\c1cc(C)n(-c2cccc(Cl)c2)c1C)S(=O)(=O)c1ccc(C)cc1. The fraction of sp³-hybridized carbons (Fsp3) is 0.200. The quantitative estimate of drug-likeness (QED) is 0.202. The number of hydrogen-bond donors (Lipinski definition) is 1. The predicted molar refractivity (Wildman–Crippen MR) is 158 cm³/mol. The monoisotopic (exact) mass is 562 g/mol. The third-order valence-electron chi connectivity index (χ3n) is 6.47. The molecule has 0 aliphatic carbocycles. The highest BCUT2D eigenvalue weighted by Gasteiger charge is 2.28. The molecule has 4 rings (SSSR count). The van der Waals surface area contributed by atoms with Crippen LogP contribution in [0.5, 0.6) is 0 Å². The standard InChI is InChI=1S/C30H31ClN4O3S/c1-5-24-9-6-7-12-29(24)34(39(37,38)28-15-13-21(2)14-16-28)20-30(36)33-32-19-25-17-22(3)35(23(25)4)27-11-8-10-26(31)18-27/h6-19H,5,20H2,1-4H3,(H,33,36)/b32-19-. The number of hydrogen-bond acceptors (Lipinski definition) is 4. The second-order valence-corrected chi connectivity index (χ2v) is 11.5. The maximum Gasteiger partial charge on any atom is 0.264 e. The number of amides is 1. The van der Waals surface area contributed by atoms with Gasteiger partial charge < -0.3 is 4.57 Å². The van der Waals surface area contributed by atoms with Gasteiger partial charge >= 0.3 is 0 Å². The topological polar surface area (TPSA) is 83.8 Å². The van der Waals surface area contributed by atoms with Gasteiger partial charge in [-0.2, -0.15) is 5.10 Å². The molecule has 0 unspecified atom stereocenters. The van der Waals surface area contributed by atoms with Crippen LogP contribution in [-0.4, -0.2) is 31.7 Å². The number of halogens is 1. The highest BCUT2D eigenvalue weighted by Crippen LogP contribution is 2.28. The number of hydrazone groups is 1. The zero-order valence-corrected chi connectivity index (χ0v) is 23.9. The minimum absolute atomic E-state index is 0.115. The van der Waals surface area contributed by atoms with Crippen LogP contribution in [0.25, 0.3) is 5.69 Å². The van der Waals surface area contributed by atoms with Crippen molar-refractivity contribution in [3.05, 3.63) is 112 Å². The van der Waals surface area contributed by atoms with Gasteiger partial charge in [0, 0.05) is 27.7 Å². The van der Waals surface area contributed by atoms with Crippen LogP contribution in [0.4, 0.5) is 5.69 Å². The number of rotatable bonds is 9. The first-order valence-electron chi connectivity index (χ1n) is 12.6. The molecule has 0 fully saturated rings. The summed E-state index contributed by atoms with van der Waals surface area (Å²) in [5.74, 6) is -0.559. The van der Waals surface area contributed by atoms with Crippen molar-refractivity contribution in [1.29, 1.82) is 0 Å². The zero-order chi connectivity index (χ0) is 28.2. The van der Waals surface area contributed by atoms with E-state index in [2.05, 4.69) is 10.5 Å². The Bertz CT molecular complexity index is 1630. The van der Waals surface area contributed by atoms with Crippen LogP contribution in [0.15, 0.2) is 88.9 Å². The van der Waals surface area contributed by atoms with Gasteiger partial charge in [0.05, 0.1) is 16.8 Å². The zero-order valence-electron chi connectivity index (χ0n) is 22.3. The van der Waals surface area contributed by atoms with Crippen molar-refractivity contribution in [3.63, 3.8) is 0 Å². The highest BCUT2D eigenvalue weighted by molar-refractivity contribution is 7.92. The number of aryl methyl sites for hydroxylation is 3. The number of carbonyl (C=O) groups excluding carboxylic acids is 1. The van der Waals surface area contributed by atoms with Crippen molar-refractivity contribution in [2.75, 3.05) is 10.8 Å². The van der Waals surface area contributed by atoms with Crippen LogP contribution in [0, 0.1) is 20.8 Å². The summed E-state index contributed by atoms with van der Waals surface area (Å²) < 4.78 is 30.6. The summed E-state index contributed by atoms with van der Waals surface area (Å²) in [7, 11) is -4.01. The van der Waals surface area contributed by atoms with Crippen molar-refractivity contribution in [2.24, 2.45) is 5.10 Å². The van der Waals surface area contributed by atoms with Crippen molar-refractivity contribution in [1.82, 2.24) is 9.99 Å². The van der Waals surface area contributed by atoms with Gasteiger partial charge in [-0.15, -0.1) is 0 Å². The summed E-state index contributed by atoms with van der Waals surface area (Å²) in [6, 6.07) is 23.3. The van der Waals surface area contributed by atoms with Crippen LogP contribution in [0.3, 0.4) is 0 Å². The van der Waals surface area contributed by atoms with Crippen molar-refractivity contribution in [3.8, 4) is 5.69 Å². The number of benzene rings is 3. The number of para-hydroxylation sites is 1. The summed E-state index contributed by atoms with van der Waals surface area (Å²) in [5, 5.41) is 4.77. The summed E-state index contributed by atoms with van der Waals surface area (Å²) in [6.07, 6.45) is 2.16. The molecule has 4 aromatic rings. The molecule has 0 bridgehead atoms. The minimum atomic E-state index is -4.01. The Hall–Kier alpha value is -3.88. The van der Waals surface area contributed by atoms with E-state index in [9.17, 15) is 13.2 Å². The van der Waals surface area contributed by atoms with Gasteiger partial charge in [0.15, 0.2) is 0 Å². The largest absolute Gasteiger partial charge is 0.318 e. The molecule has 0 radical (unpaired) electrons. The maximum absolute atomic E-state index is 13.7. The van der Waals surface area contributed by atoms with Crippen LogP contribution >= 0.6 is 11.6 Å². The summed E-state index contributed by atoms with van der Waals surface area (Å²) in [4.78, 5) is 13.1. The lowest BCUT2D eigenvalue weighted by molar-refractivity contribution is -0.119. The molecule has 0 atom stereocenters. The van der Waals surface area contributed by atoms with Gasteiger partial charge in [-0.05, 0) is 75.2 Å². The average Bonchev–Trinajstić information content (AvgIpc) is 3.19. The van der Waals surface area contributed by atoms with E-state index in [-0.39, 0.29) is 4.90 Å². The highest BCUT2D eigenvalue weighted by atomic mass is 35.5. The third kappa shape index (κ3) is 6.24. The average molecular weight is 563 g/mol. The van der Waals surface area contributed by atoms with E-state index in [0.717, 1.165) is 38.1 Å². The van der Waals surface area contributed by atoms with Crippen LogP contribution in [0.2, 0.25) is 5.02 Å². The van der Waals surface area contributed by atoms with Crippen molar-refractivity contribution in [2.45, 2.75) is 39.0 Å². The second-order valence-electron chi connectivity index (χ2n) is 9.24. The first kappa shape index (κ1) is 28.1. The molecule has 1 amide bonds. The van der Waals surface area contributed by atoms with Gasteiger partial charge in [-0.1, -0.05) is 60.5 Å². The summed E-state index contributed by atoms with van der Waals surface area (Å²) in [6.45, 7) is 7.33. The number of carbonyl (C=O) groups is 1. The molecular weight excluding hydrogens is 532 g/mol. The number of anilines is 1. The molecule has 0 saturated carbocycles. The first-order valence-corrected chi connectivity index (χ1v) is 14.4. The van der Waals surface area contributed by atoms with Gasteiger partial charge in [0.1, 0.15) is 6.54 Å². The minimum Gasteiger partial charge on any atom is -0.318 e. The Morgan fingerprint density at radius 1 is 1.00 bits per heavy atom. The van der Waals surface area contributed by atoms with Crippen LogP contribution in [-0.2, 0) is 21.2 Å². The Balaban J connectivity index is 1.58. The van der Waals surface area contributed by atoms with Gasteiger partial charge in [0.25, 0.3) is 15.9 Å². The lowest BCUT2D eigenvalue weighted by atomic mass is 10.1. The van der Waals surface area contributed by atoms with E-state index in [1.54, 1.807) is 42.6 Å². The first-order chi connectivity index (χ1) is 18.6. The molecule has 7 nitrogen and oxygen atoms in total. The second kappa shape index (κ2) is 11.9. The molecule has 3 aromatic carbocycles. The summed E-state index contributed by atoms with van der Waals surface area (Å²) in [5.41, 5.74) is 8.36. The van der Waals surface area contributed by atoms with Crippen LogP contribution in [0.1, 0.15) is 35.0 Å². The summed E-state index contributed by atoms with van der Waals surface area (Å²) >= 11 is 6.17. The van der Waals surface area contributed by atoms with Crippen LogP contribution < -0.4 is 9.73 Å². The molecule has 39 heavy (non-hydrogen) atoms. The predicted octanol–water partition coefficient (Wildman–Crippen LogP) is 5.96. The van der Waals surface area contributed by atoms with Gasteiger partial charge in [0.2, 0.25) is 0 Å². The Kier molecular flexibility index (Phi) is 8.57. The number of aromatic nitrogens is 1. The molecule has 1 aromatic heterocycles. The Labute approximate surface area is 234 Å². The van der Waals surface area contributed by atoms with E-state index in [0.29, 0.717) is 17.1 Å². The Morgan fingerprint density at radius 3 is 2.41 bits per heavy atom. The van der Waals surface area contributed by atoms with Gasteiger partial charge in [-0.25, -0.2) is 13.8 Å². The van der Waals surface area contributed by atoms with E-state index < -0.39 is 22.5 Å². The molecular formula is C30H31ClN4O3S. The fourth-order valence-electron chi connectivity index (χ4n) is 4.46. The van der Waals surface area contributed by atoms with E-state index >= 15 is 0 Å². The molecule has 1 N–H and O–H groups in total. The van der Waals surface area contributed by atoms with E-state index in [4.69, 9.17) is 11.6 Å². The molecule has 9 heteroatoms. The molecule has 0 aliphatic heterocycles. The van der Waals surface area contributed by atoms with Gasteiger partial charge in [-0.3, -0.25) is 9.10 Å². The Morgan fingerprint density at radius 2 is 1.72 bits per heavy atom. The molecule has 202 valence electrons. The fourth-order valence-corrected chi connectivity index (χ4v) is 6.10. The number of sulfonamides is 1. The van der Waals surface area contributed by atoms with Crippen molar-refractivity contribution >= 4 is 39.4 Å². The molecule has 0 aliphatic rings. The number of nitrogens with zero attached hydrogens (tertiary/aromatic N) is 3. The van der Waals surface area contributed by atoms with Crippen molar-refractivity contribution < 1.29 is 13.2 Å². The van der Waals surface area contributed by atoms with E-state index in [1.807, 2.05) is 74.7 Å². The maximum atomic E-state index is 13.7. The lowest BCUT2D eigenvalue weighted by Crippen LogP contribution is -2.40. The molecule has 1 heterocycles. The van der Waals surface area contributed by atoms with E-state index in [1.165, 1.54) is 0 Å². The molecule has 0 saturated heterocycles. The lowest BCUT2D eigenvalue weighted by Gasteiger charge is -2.25. The third-order valence-corrected chi connectivity index (χ3v) is 8.48.